The number of benzene rings is 3. The van der Waals surface area contributed by atoms with E-state index in [4.69, 9.17) is 9.47 Å². The van der Waals surface area contributed by atoms with Gasteiger partial charge in [-0.25, -0.2) is 9.59 Å². The van der Waals surface area contributed by atoms with Crippen molar-refractivity contribution < 1.29 is 57.4 Å². The molecule has 494 valence electrons. The summed E-state index contributed by atoms with van der Waals surface area (Å²) in [6.45, 7) is 28.4. The first-order valence-corrected chi connectivity index (χ1v) is 31.2. The van der Waals surface area contributed by atoms with Crippen molar-refractivity contribution in [3.63, 3.8) is 0 Å². The molecule has 5 rings (SSSR count). The first-order valence-electron chi connectivity index (χ1n) is 31.2. The summed E-state index contributed by atoms with van der Waals surface area (Å²) in [6, 6.07) is 18.9. The Morgan fingerprint density at radius 3 is 1.09 bits per heavy atom. The number of nitrogens with one attached hydrogen (secondary N) is 4. The van der Waals surface area contributed by atoms with Crippen LogP contribution < -0.4 is 21.3 Å². The van der Waals surface area contributed by atoms with Crippen LogP contribution in [0.25, 0.3) is 0 Å². The van der Waals surface area contributed by atoms with Crippen LogP contribution in [0.4, 0.5) is 9.59 Å². The molecule has 3 aromatic carbocycles. The highest BCUT2D eigenvalue weighted by atomic mass is 16.6. The van der Waals surface area contributed by atoms with Gasteiger partial charge in [-0.3, -0.25) is 48.2 Å². The van der Waals surface area contributed by atoms with Crippen molar-refractivity contribution in [2.24, 2.45) is 10.8 Å². The summed E-state index contributed by atoms with van der Waals surface area (Å²) in [5.41, 5.74) is -0.792. The smallest absolute Gasteiger partial charge is 0.410 e. The van der Waals surface area contributed by atoms with Gasteiger partial charge >= 0.3 is 12.2 Å². The Hall–Kier alpha value is -8.04. The van der Waals surface area contributed by atoms with Gasteiger partial charge in [0, 0.05) is 90.4 Å². The van der Waals surface area contributed by atoms with E-state index >= 15 is 9.59 Å². The number of likely N-dealkylation sites (tertiary alicyclic amines) is 2. The van der Waals surface area contributed by atoms with Crippen LogP contribution in [0.2, 0.25) is 0 Å². The third-order valence-electron chi connectivity index (χ3n) is 16.3. The van der Waals surface area contributed by atoms with Gasteiger partial charge in [0.25, 0.3) is 11.8 Å². The molecule has 0 saturated carbocycles. The van der Waals surface area contributed by atoms with Crippen molar-refractivity contribution in [3.05, 3.63) is 107 Å². The van der Waals surface area contributed by atoms with Crippen LogP contribution in [-0.4, -0.2) is 202 Å². The van der Waals surface area contributed by atoms with E-state index in [0.29, 0.717) is 25.9 Å². The average Bonchev–Trinajstić information content (AvgIpc) is 1.60. The minimum Gasteiger partial charge on any atom is -0.444 e. The molecule has 0 unspecified atom stereocenters. The number of carbonyl (C=O) groups excluding carboxylic acids is 10. The Morgan fingerprint density at radius 1 is 0.500 bits per heavy atom. The number of hydrogen-bond acceptors (Lipinski definition) is 12. The Kier molecular flexibility index (Phi) is 24.8. The highest BCUT2D eigenvalue weighted by Crippen LogP contribution is 2.30. The predicted molar refractivity (Wildman–Crippen MR) is 344 cm³/mol. The van der Waals surface area contributed by atoms with Crippen LogP contribution in [0.1, 0.15) is 155 Å². The molecule has 2 saturated heterocycles. The van der Waals surface area contributed by atoms with Crippen molar-refractivity contribution in [2.75, 3.05) is 53.4 Å². The largest absolute Gasteiger partial charge is 0.444 e. The maximum absolute atomic E-state index is 15.0. The molecule has 0 aliphatic carbocycles. The van der Waals surface area contributed by atoms with Crippen LogP contribution >= 0.6 is 0 Å². The van der Waals surface area contributed by atoms with Gasteiger partial charge in [0.2, 0.25) is 35.4 Å². The quantitative estimate of drug-likeness (QED) is 0.0807. The lowest BCUT2D eigenvalue weighted by atomic mass is 9.85. The summed E-state index contributed by atoms with van der Waals surface area (Å²) in [4.78, 5) is 148. The van der Waals surface area contributed by atoms with Crippen molar-refractivity contribution in [1.82, 2.24) is 50.7 Å². The van der Waals surface area contributed by atoms with E-state index in [0.717, 1.165) is 11.1 Å². The number of hydrogen-bond donors (Lipinski definition) is 4. The van der Waals surface area contributed by atoms with E-state index in [1.165, 1.54) is 62.0 Å². The van der Waals surface area contributed by atoms with Gasteiger partial charge < -0.3 is 50.3 Å². The first-order chi connectivity index (χ1) is 41.7. The van der Waals surface area contributed by atoms with Crippen molar-refractivity contribution in [3.8, 4) is 0 Å². The van der Waals surface area contributed by atoms with Gasteiger partial charge in [0.05, 0.1) is 12.1 Å². The van der Waals surface area contributed by atoms with E-state index in [9.17, 15) is 38.4 Å². The summed E-state index contributed by atoms with van der Waals surface area (Å²) >= 11 is 0. The minimum atomic E-state index is -1.09. The Balaban J connectivity index is 1.36. The Morgan fingerprint density at radius 2 is 0.811 bits per heavy atom. The highest BCUT2D eigenvalue weighted by Gasteiger charge is 2.46. The number of nitrogens with zero attached hydrogens (tertiary/aromatic N) is 6. The van der Waals surface area contributed by atoms with Crippen molar-refractivity contribution in [1.29, 1.82) is 0 Å². The third-order valence-corrected chi connectivity index (χ3v) is 16.3. The molecule has 0 radical (unpaired) electrons. The van der Waals surface area contributed by atoms with Crippen LogP contribution in [0, 0.1) is 10.8 Å². The van der Waals surface area contributed by atoms with E-state index in [1.807, 2.05) is 102 Å². The summed E-state index contributed by atoms with van der Waals surface area (Å²) in [5, 5.41) is 12.0. The molecule has 22 nitrogen and oxygen atoms in total. The lowest BCUT2D eigenvalue weighted by molar-refractivity contribution is -0.142. The van der Waals surface area contributed by atoms with Gasteiger partial charge in [-0.15, -0.1) is 0 Å². The van der Waals surface area contributed by atoms with E-state index < -0.39 is 118 Å². The lowest BCUT2D eigenvalue weighted by Gasteiger charge is -2.38. The second kappa shape index (κ2) is 30.6. The molecule has 2 heterocycles. The summed E-state index contributed by atoms with van der Waals surface area (Å²) < 4.78 is 11.0. The van der Waals surface area contributed by atoms with Gasteiger partial charge in [-0.2, -0.15) is 0 Å². The zero-order chi connectivity index (χ0) is 67.4. The van der Waals surface area contributed by atoms with Crippen LogP contribution in [0.3, 0.4) is 0 Å². The maximum atomic E-state index is 15.0. The van der Waals surface area contributed by atoms with Gasteiger partial charge in [0.15, 0.2) is 0 Å². The molecule has 0 bridgehead atoms. The summed E-state index contributed by atoms with van der Waals surface area (Å²) in [5.74, 6) is -3.37. The van der Waals surface area contributed by atoms with E-state index in [2.05, 4.69) is 21.3 Å². The minimum absolute atomic E-state index is 0.0442. The third kappa shape index (κ3) is 21.0. The molecule has 0 spiro atoms. The molecule has 2 fully saturated rings. The second-order valence-corrected chi connectivity index (χ2v) is 28.2. The number of rotatable bonds is 22. The zero-order valence-electron chi connectivity index (χ0n) is 56.4. The summed E-state index contributed by atoms with van der Waals surface area (Å²) in [6.07, 6.45) is 0.235. The molecule has 10 amide bonds. The topological polar surface area (TPSA) is 257 Å². The fourth-order valence-electron chi connectivity index (χ4n) is 10.8. The molecular weight excluding hydrogens is 1150 g/mol. The van der Waals surface area contributed by atoms with Gasteiger partial charge in [-0.1, -0.05) is 102 Å². The summed E-state index contributed by atoms with van der Waals surface area (Å²) in [7, 11) is 2.90. The van der Waals surface area contributed by atoms with E-state index in [-0.39, 0.29) is 62.0 Å². The number of likely N-dealkylation sites (N-methyl/N-ethyl adjacent to an activating group) is 2. The maximum Gasteiger partial charge on any atom is 0.410 e. The first kappa shape index (κ1) is 72.7. The predicted octanol–water partition coefficient (Wildman–Crippen LogP) is 6.84. The molecule has 22 heteroatoms. The van der Waals surface area contributed by atoms with Crippen LogP contribution in [0.15, 0.2) is 84.9 Å². The Labute approximate surface area is 532 Å². The number of amides is 10. The molecule has 4 N–H and O–H groups in total. The number of carbonyl (C=O) groups is 10. The molecule has 8 atom stereocenters. The zero-order valence-corrected chi connectivity index (χ0v) is 56.4. The molecular formula is C68H100N10O12. The number of ether oxygens (including phenoxy) is 2. The molecule has 90 heavy (non-hydrogen) atoms. The lowest BCUT2D eigenvalue weighted by Crippen LogP contribution is -2.60. The van der Waals surface area contributed by atoms with Gasteiger partial charge in [-0.05, 0) is 127 Å². The van der Waals surface area contributed by atoms with Crippen LogP contribution in [0.5, 0.6) is 0 Å². The van der Waals surface area contributed by atoms with Crippen molar-refractivity contribution >= 4 is 59.4 Å². The Bertz CT molecular complexity index is 2810. The van der Waals surface area contributed by atoms with Crippen LogP contribution in [-0.2, 0) is 51.1 Å². The molecule has 3 aromatic rings. The van der Waals surface area contributed by atoms with E-state index in [1.54, 1.807) is 75.0 Å². The second-order valence-electron chi connectivity index (χ2n) is 28.2. The monoisotopic (exact) mass is 1250 g/mol. The van der Waals surface area contributed by atoms with Crippen molar-refractivity contribution in [2.45, 2.75) is 196 Å². The van der Waals surface area contributed by atoms with Gasteiger partial charge in [0.1, 0.15) is 35.4 Å². The molecule has 2 aliphatic heterocycles. The molecule has 0 aromatic heterocycles. The standard InChI is InChI=1S/C68H100N10O12/c1-43(73(17)63(87)89-67(11,12)13)57(81)71-55(65(5,6)7)61(85)77-39-51(37-53(77)41-75(45(3)79)35-33-47-25-21-19-22-26-47)69-59(83)49-29-31-50(32-30-49)60(84)70-52-38-54(42-76(46(4)80)36-34-48-27-23-20-24-28-48)78(40-52)62(86)56(66(8,9)10)72-58(82)44(2)74(18)64(88)90-68(14,15)16/h19-32,43-44,51-56H,33-42H2,1-18H3,(H,69,83)(H,70,84)(H,71,81)(H,72,82)/t43-,44-,51-,52-,53-,54-,55+,56+/m0/s1. The fraction of sp³-hybridized carbons (Fsp3) is 0.588. The highest BCUT2D eigenvalue weighted by molar-refractivity contribution is 5.98. The normalized spacial score (nSPS) is 18.2. The average molecular weight is 1250 g/mol. The SMILES string of the molecule is CC(=O)N(CCc1ccccc1)C[C@@H]1C[C@H](NC(=O)c2ccc(C(=O)N[C@H]3C[C@@H](CN(CCc4ccccc4)C(C)=O)N(C(=O)[C@@H](NC(=O)[C@H](C)N(C)C(=O)OC(C)(C)C)C(C)(C)C)C3)cc2)CN1C(=O)[C@@H](NC(=O)[C@H](C)N(C)C(=O)OC(C)(C)C)C(C)(C)C. The molecule has 2 aliphatic rings. The fourth-order valence-corrected chi connectivity index (χ4v) is 10.8.